The molecule has 1 aliphatic heterocycles. The topological polar surface area (TPSA) is 67.9 Å². The Morgan fingerprint density at radius 3 is 2.53 bits per heavy atom. The number of carbonyl (C=O) groups excluding carboxylic acids is 2. The Bertz CT molecular complexity index is 1260. The molecule has 0 radical (unpaired) electrons. The van der Waals surface area contributed by atoms with Crippen molar-refractivity contribution in [3.05, 3.63) is 98.9 Å². The third-order valence-corrected chi connectivity index (χ3v) is 6.77. The number of hydrazine groups is 1. The lowest BCUT2D eigenvalue weighted by Gasteiger charge is -2.15. The van der Waals surface area contributed by atoms with Crippen LogP contribution < -0.4 is 14.9 Å². The van der Waals surface area contributed by atoms with Crippen LogP contribution >= 0.6 is 39.9 Å². The van der Waals surface area contributed by atoms with Crippen molar-refractivity contribution in [2.75, 3.05) is 7.11 Å². The standard InChI is InChI=1S/C25H19BrN2O4S2/c1-31-19-10-8-18(9-11-19)23(29)27-28-24(30)22(34-25(28)33)14-17-7-12-21(20(26)13-17)32-15-16-5-3-2-4-6-16/h2-14H,15H2,1H3,(H,27,29)/b22-14+. The Labute approximate surface area is 215 Å². The SMILES string of the molecule is COc1ccc(C(=O)NN2C(=O)/C(=C\c3ccc(OCc4ccccc4)c(Br)c3)SC2=S)cc1. The second-order valence-corrected chi connectivity index (χ2v) is 9.68. The molecular formula is C25H19BrN2O4S2. The van der Waals surface area contributed by atoms with Crippen molar-refractivity contribution in [2.24, 2.45) is 0 Å². The van der Waals surface area contributed by atoms with Gasteiger partial charge in [0.05, 0.1) is 16.5 Å². The minimum Gasteiger partial charge on any atom is -0.497 e. The van der Waals surface area contributed by atoms with Crippen molar-refractivity contribution in [3.8, 4) is 11.5 Å². The van der Waals surface area contributed by atoms with Crippen LogP contribution in [0.4, 0.5) is 0 Å². The van der Waals surface area contributed by atoms with Gasteiger partial charge in [-0.1, -0.05) is 48.2 Å². The highest BCUT2D eigenvalue weighted by molar-refractivity contribution is 9.10. The van der Waals surface area contributed by atoms with E-state index in [0.717, 1.165) is 32.4 Å². The van der Waals surface area contributed by atoms with E-state index in [-0.39, 0.29) is 4.32 Å². The molecule has 0 unspecified atom stereocenters. The maximum absolute atomic E-state index is 12.9. The number of methoxy groups -OCH3 is 1. The number of ether oxygens (including phenoxy) is 2. The highest BCUT2D eigenvalue weighted by Gasteiger charge is 2.33. The molecule has 4 rings (SSSR count). The molecule has 3 aromatic rings. The van der Waals surface area contributed by atoms with Crippen molar-refractivity contribution in [2.45, 2.75) is 6.61 Å². The molecule has 0 atom stereocenters. The Morgan fingerprint density at radius 2 is 1.85 bits per heavy atom. The van der Waals surface area contributed by atoms with Crippen LogP contribution in [0.3, 0.4) is 0 Å². The summed E-state index contributed by atoms with van der Waals surface area (Å²) in [5, 5.41) is 1.09. The number of carbonyl (C=O) groups is 2. The van der Waals surface area contributed by atoms with Gasteiger partial charge in [-0.25, -0.2) is 0 Å². The van der Waals surface area contributed by atoms with Crippen LogP contribution in [0.2, 0.25) is 0 Å². The van der Waals surface area contributed by atoms with E-state index >= 15 is 0 Å². The van der Waals surface area contributed by atoms with Crippen molar-refractivity contribution in [1.82, 2.24) is 10.4 Å². The summed E-state index contributed by atoms with van der Waals surface area (Å²) in [5.74, 6) is 0.494. The van der Waals surface area contributed by atoms with Gasteiger partial charge in [-0.2, -0.15) is 5.01 Å². The van der Waals surface area contributed by atoms with Crippen LogP contribution in [0, 0.1) is 0 Å². The molecule has 1 saturated heterocycles. The molecule has 0 bridgehead atoms. The van der Waals surface area contributed by atoms with Crippen LogP contribution in [0.25, 0.3) is 6.08 Å². The van der Waals surface area contributed by atoms with Gasteiger partial charge in [-0.05, 0) is 81.7 Å². The van der Waals surface area contributed by atoms with Crippen molar-refractivity contribution in [1.29, 1.82) is 0 Å². The molecular weight excluding hydrogens is 536 g/mol. The zero-order chi connectivity index (χ0) is 24.1. The minimum atomic E-state index is -0.442. The first-order valence-corrected chi connectivity index (χ1v) is 12.2. The molecule has 1 N–H and O–H groups in total. The molecule has 0 spiro atoms. The van der Waals surface area contributed by atoms with Gasteiger partial charge in [-0.15, -0.1) is 0 Å². The third kappa shape index (κ3) is 5.67. The molecule has 172 valence electrons. The van der Waals surface area contributed by atoms with E-state index in [1.54, 1.807) is 37.5 Å². The Hall–Kier alpha value is -3.14. The second kappa shape index (κ2) is 10.9. The number of halogens is 1. The number of nitrogens with zero attached hydrogens (tertiary/aromatic N) is 1. The molecule has 2 amide bonds. The summed E-state index contributed by atoms with van der Waals surface area (Å²) in [5.41, 5.74) is 4.82. The Balaban J connectivity index is 1.42. The zero-order valence-electron chi connectivity index (χ0n) is 18.0. The van der Waals surface area contributed by atoms with E-state index < -0.39 is 11.8 Å². The number of hydrogen-bond acceptors (Lipinski definition) is 6. The van der Waals surface area contributed by atoms with E-state index in [1.165, 1.54) is 0 Å². The van der Waals surface area contributed by atoms with Gasteiger partial charge in [-0.3, -0.25) is 15.0 Å². The van der Waals surface area contributed by atoms with Gasteiger partial charge in [0.25, 0.3) is 11.8 Å². The second-order valence-electron chi connectivity index (χ2n) is 7.15. The van der Waals surface area contributed by atoms with Gasteiger partial charge >= 0.3 is 0 Å². The van der Waals surface area contributed by atoms with Crippen LogP contribution in [-0.4, -0.2) is 28.3 Å². The number of benzene rings is 3. The van der Waals surface area contributed by atoms with Crippen molar-refractivity contribution in [3.63, 3.8) is 0 Å². The monoisotopic (exact) mass is 554 g/mol. The van der Waals surface area contributed by atoms with Gasteiger partial charge in [0, 0.05) is 5.56 Å². The molecule has 9 heteroatoms. The van der Waals surface area contributed by atoms with E-state index in [4.69, 9.17) is 21.7 Å². The molecule has 0 saturated carbocycles. The number of nitrogens with one attached hydrogen (secondary N) is 1. The van der Waals surface area contributed by atoms with Crippen LogP contribution in [0.15, 0.2) is 82.2 Å². The smallest absolute Gasteiger partial charge is 0.285 e. The average molecular weight is 555 g/mol. The quantitative estimate of drug-likeness (QED) is 0.303. The van der Waals surface area contributed by atoms with Crippen LogP contribution in [0.5, 0.6) is 11.5 Å². The molecule has 1 fully saturated rings. The first-order valence-electron chi connectivity index (χ1n) is 10.1. The van der Waals surface area contributed by atoms with E-state index in [1.807, 2.05) is 48.5 Å². The molecule has 34 heavy (non-hydrogen) atoms. The van der Waals surface area contributed by atoms with Gasteiger partial charge < -0.3 is 9.47 Å². The maximum Gasteiger partial charge on any atom is 0.285 e. The van der Waals surface area contributed by atoms with E-state index in [2.05, 4.69) is 21.4 Å². The fourth-order valence-electron chi connectivity index (χ4n) is 3.08. The summed E-state index contributed by atoms with van der Waals surface area (Å²) in [4.78, 5) is 25.8. The Morgan fingerprint density at radius 1 is 1.12 bits per heavy atom. The third-order valence-electron chi connectivity index (χ3n) is 4.85. The lowest BCUT2D eigenvalue weighted by atomic mass is 10.2. The molecule has 1 heterocycles. The summed E-state index contributed by atoms with van der Waals surface area (Å²) in [6, 6.07) is 22.0. The number of amides is 2. The lowest BCUT2D eigenvalue weighted by Crippen LogP contribution is -2.44. The Kier molecular flexibility index (Phi) is 7.66. The summed E-state index contributed by atoms with van der Waals surface area (Å²) < 4.78 is 12.0. The fraction of sp³-hybridized carbons (Fsp3) is 0.0800. The average Bonchev–Trinajstić information content (AvgIpc) is 3.11. The van der Waals surface area contributed by atoms with Crippen LogP contribution in [-0.2, 0) is 11.4 Å². The normalized spacial score (nSPS) is 14.4. The van der Waals surface area contributed by atoms with Gasteiger partial charge in [0.2, 0.25) is 0 Å². The number of hydrogen-bond donors (Lipinski definition) is 1. The summed E-state index contributed by atoms with van der Waals surface area (Å²) in [6.45, 7) is 0.450. The van der Waals surface area contributed by atoms with E-state index in [0.29, 0.717) is 28.6 Å². The first-order chi connectivity index (χ1) is 16.4. The van der Waals surface area contributed by atoms with Crippen molar-refractivity contribution < 1.29 is 19.1 Å². The lowest BCUT2D eigenvalue weighted by molar-refractivity contribution is -0.123. The van der Waals surface area contributed by atoms with Crippen molar-refractivity contribution >= 4 is 62.1 Å². The maximum atomic E-state index is 12.9. The van der Waals surface area contributed by atoms with E-state index in [9.17, 15) is 9.59 Å². The zero-order valence-corrected chi connectivity index (χ0v) is 21.2. The predicted molar refractivity (Wildman–Crippen MR) is 140 cm³/mol. The summed E-state index contributed by atoms with van der Waals surface area (Å²) >= 11 is 9.96. The fourth-order valence-corrected chi connectivity index (χ4v) is 4.77. The van der Waals surface area contributed by atoms with Crippen LogP contribution in [0.1, 0.15) is 21.5 Å². The molecule has 1 aliphatic rings. The number of thioether (sulfide) groups is 1. The molecule has 0 aromatic heterocycles. The predicted octanol–water partition coefficient (Wildman–Crippen LogP) is 5.58. The highest BCUT2D eigenvalue weighted by atomic mass is 79.9. The molecule has 3 aromatic carbocycles. The van der Waals surface area contributed by atoms with Gasteiger partial charge in [0.15, 0.2) is 4.32 Å². The van der Waals surface area contributed by atoms with Gasteiger partial charge in [0.1, 0.15) is 18.1 Å². The summed E-state index contributed by atoms with van der Waals surface area (Å²) in [7, 11) is 1.55. The molecule has 6 nitrogen and oxygen atoms in total. The molecule has 0 aliphatic carbocycles. The number of thiocarbonyl (C=S) groups is 1. The highest BCUT2D eigenvalue weighted by Crippen LogP contribution is 2.33. The minimum absolute atomic E-state index is 0.250. The first kappa shape index (κ1) is 24.0. The number of rotatable bonds is 7. The summed E-state index contributed by atoms with van der Waals surface area (Å²) in [6.07, 6.45) is 1.73. The largest absolute Gasteiger partial charge is 0.497 e.